The van der Waals surface area contributed by atoms with E-state index in [0.717, 1.165) is 4.90 Å². The van der Waals surface area contributed by atoms with Crippen molar-refractivity contribution in [3.63, 3.8) is 0 Å². The highest BCUT2D eigenvalue weighted by Gasteiger charge is 2.68. The van der Waals surface area contributed by atoms with Crippen LogP contribution in [0.25, 0.3) is 11.0 Å². The molecule has 7 rings (SSSR count). The molecule has 15 nitrogen and oxygen atoms in total. The number of amides is 4. The molecule has 2 aliphatic heterocycles. The summed E-state index contributed by atoms with van der Waals surface area (Å²) in [5.74, 6) is -10.0. The van der Waals surface area contributed by atoms with Gasteiger partial charge in [0.15, 0.2) is 5.69 Å². The van der Waals surface area contributed by atoms with Crippen LogP contribution in [0, 0.1) is 23.2 Å². The molecule has 2 aromatic rings. The molecule has 5 aliphatic rings. The van der Waals surface area contributed by atoms with Crippen molar-refractivity contribution in [1.82, 2.24) is 30.2 Å². The maximum atomic E-state index is 16.3. The number of benzene rings is 1. The molecule has 4 fully saturated rings. The highest BCUT2D eigenvalue weighted by atomic mass is 32.2. The average Bonchev–Trinajstić information content (AvgIpc) is 4.11. The largest absolute Gasteiger partial charge is 0.497 e. The molecule has 3 aliphatic carbocycles. The van der Waals surface area contributed by atoms with Crippen molar-refractivity contribution in [3.05, 3.63) is 23.9 Å². The summed E-state index contributed by atoms with van der Waals surface area (Å²) in [7, 11) is -2.90. The van der Waals surface area contributed by atoms with Crippen LogP contribution in [0.1, 0.15) is 98.6 Å². The number of ether oxygens (including phenoxy) is 3. The van der Waals surface area contributed by atoms with Gasteiger partial charge in [0.05, 0.1) is 35.4 Å². The van der Waals surface area contributed by atoms with E-state index in [0.29, 0.717) is 25.0 Å². The fourth-order valence-electron chi connectivity index (χ4n) is 8.44. The van der Waals surface area contributed by atoms with E-state index in [-0.39, 0.29) is 36.2 Å². The van der Waals surface area contributed by atoms with Crippen LogP contribution in [-0.4, -0.2) is 101 Å². The second-order valence-electron chi connectivity index (χ2n) is 18.7. The number of alkyl halides is 4. The first-order chi connectivity index (χ1) is 27.8. The lowest BCUT2D eigenvalue weighted by Crippen LogP contribution is -2.61. The van der Waals surface area contributed by atoms with Crippen molar-refractivity contribution in [2.45, 2.75) is 139 Å². The van der Waals surface area contributed by atoms with Crippen LogP contribution in [0.2, 0.25) is 0 Å². The Morgan fingerprint density at radius 1 is 1.05 bits per heavy atom. The Morgan fingerprint density at radius 2 is 1.75 bits per heavy atom. The number of methoxy groups -OCH3 is 1. The molecule has 20 heteroatoms. The molecule has 2 bridgehead atoms. The normalized spacial score (nSPS) is 32.6. The molecule has 0 radical (unpaired) electrons. The van der Waals surface area contributed by atoms with Crippen LogP contribution in [0.5, 0.6) is 11.6 Å². The summed E-state index contributed by atoms with van der Waals surface area (Å²) >= 11 is 0. The minimum absolute atomic E-state index is 0.0828. The second kappa shape index (κ2) is 14.9. The lowest BCUT2D eigenvalue weighted by molar-refractivity contribution is -0.143. The van der Waals surface area contributed by atoms with Crippen molar-refractivity contribution >= 4 is 44.9 Å². The van der Waals surface area contributed by atoms with Crippen LogP contribution in [0.3, 0.4) is 0 Å². The van der Waals surface area contributed by atoms with Crippen LogP contribution in [0.4, 0.5) is 22.4 Å². The molecule has 3 N–H and O–H groups in total. The molecular formula is C40H52F4N6O9S. The standard InChI is InChI=1S/C40H52F4N6O9S/c1-20-26-19-50(27(20)31(51)48-39(18-23(39)30(41)42)34(53)49-60(55,56)37(5)14-15-37)33(52)29(36(2,3)4)47-35(54)59-38(6)17-21(38)10-8-9-13-40(43,44)28-32(58-26)46-25-16-22(57-7)11-12-24(25)45-28/h11-12,16,20-21,23,26-27,29-30H,8-10,13-15,17-19H2,1-7H3,(H,47,54)(H,48,51)(H,49,53). The number of nitrogens with zero attached hydrogens (tertiary/aromatic N) is 3. The Bertz CT molecular complexity index is 2200. The van der Waals surface area contributed by atoms with E-state index in [9.17, 15) is 36.4 Å². The van der Waals surface area contributed by atoms with E-state index in [4.69, 9.17) is 14.2 Å². The summed E-state index contributed by atoms with van der Waals surface area (Å²) in [5.41, 5.74) is -4.77. The molecule has 1 aromatic heterocycles. The molecule has 330 valence electrons. The number of hydrogen-bond acceptors (Lipinski definition) is 11. The Labute approximate surface area is 345 Å². The number of sulfonamides is 1. The lowest BCUT2D eigenvalue weighted by Gasteiger charge is -2.36. The fourth-order valence-corrected chi connectivity index (χ4v) is 9.75. The lowest BCUT2D eigenvalue weighted by atomic mass is 9.85. The highest BCUT2D eigenvalue weighted by molar-refractivity contribution is 7.91. The monoisotopic (exact) mass is 868 g/mol. The van der Waals surface area contributed by atoms with E-state index in [1.165, 1.54) is 33.1 Å². The second-order valence-corrected chi connectivity index (χ2v) is 20.9. The van der Waals surface area contributed by atoms with Gasteiger partial charge in [-0.1, -0.05) is 34.1 Å². The third-order valence-electron chi connectivity index (χ3n) is 13.0. The maximum Gasteiger partial charge on any atom is 0.408 e. The van der Waals surface area contributed by atoms with Gasteiger partial charge in [-0.2, -0.15) is 8.78 Å². The first kappa shape index (κ1) is 43.6. The van der Waals surface area contributed by atoms with Crippen LogP contribution < -0.4 is 24.8 Å². The molecule has 1 aromatic carbocycles. The number of carbonyl (C=O) groups excluding carboxylic acids is 4. The summed E-state index contributed by atoms with van der Waals surface area (Å²) in [6.07, 6.45) is -4.62. The summed E-state index contributed by atoms with van der Waals surface area (Å²) < 4.78 is 105. The van der Waals surface area contributed by atoms with Gasteiger partial charge in [0.25, 0.3) is 11.8 Å². The smallest absolute Gasteiger partial charge is 0.408 e. The van der Waals surface area contributed by atoms with Crippen molar-refractivity contribution in [2.75, 3.05) is 13.7 Å². The van der Waals surface area contributed by atoms with Gasteiger partial charge in [-0.3, -0.25) is 19.1 Å². The van der Waals surface area contributed by atoms with Gasteiger partial charge < -0.3 is 29.7 Å². The third-order valence-corrected chi connectivity index (χ3v) is 15.2. The number of carbonyl (C=O) groups is 4. The van der Waals surface area contributed by atoms with Crippen molar-refractivity contribution in [3.8, 4) is 11.6 Å². The Balaban J connectivity index is 1.29. The predicted octanol–water partition coefficient (Wildman–Crippen LogP) is 4.96. The minimum atomic E-state index is -4.31. The Hall–Kier alpha value is -4.49. The van der Waals surface area contributed by atoms with Gasteiger partial charge in [-0.05, 0) is 69.9 Å². The number of fused-ring (bicyclic) bond motifs is 5. The zero-order chi connectivity index (χ0) is 44.0. The number of aromatic nitrogens is 2. The van der Waals surface area contributed by atoms with Crippen LogP contribution in [-0.2, 0) is 35.1 Å². The van der Waals surface area contributed by atoms with E-state index >= 15 is 8.78 Å². The van der Waals surface area contributed by atoms with Crippen molar-refractivity contribution in [1.29, 1.82) is 0 Å². The number of hydrogen-bond donors (Lipinski definition) is 3. The van der Waals surface area contributed by atoms with E-state index in [2.05, 4.69) is 20.6 Å². The summed E-state index contributed by atoms with van der Waals surface area (Å²) in [6, 6.07) is 1.53. The van der Waals surface area contributed by atoms with E-state index in [1.54, 1.807) is 33.8 Å². The first-order valence-corrected chi connectivity index (χ1v) is 21.7. The summed E-state index contributed by atoms with van der Waals surface area (Å²) in [5, 5.41) is 5.04. The predicted molar refractivity (Wildman–Crippen MR) is 207 cm³/mol. The van der Waals surface area contributed by atoms with Crippen molar-refractivity contribution < 1.29 is 59.4 Å². The van der Waals surface area contributed by atoms with E-state index < -0.39 is 128 Å². The third kappa shape index (κ3) is 8.03. The molecule has 8 atom stereocenters. The molecule has 0 spiro atoms. The average molecular weight is 869 g/mol. The minimum Gasteiger partial charge on any atom is -0.497 e. The zero-order valence-corrected chi connectivity index (χ0v) is 35.4. The molecule has 4 amide bonds. The zero-order valence-electron chi connectivity index (χ0n) is 34.6. The molecular weight excluding hydrogens is 817 g/mol. The Morgan fingerprint density at radius 3 is 2.37 bits per heavy atom. The number of rotatable bonds is 7. The summed E-state index contributed by atoms with van der Waals surface area (Å²) in [6.45, 7) is 9.14. The molecule has 3 saturated carbocycles. The molecule has 3 heterocycles. The molecule has 8 unspecified atom stereocenters. The van der Waals surface area contributed by atoms with E-state index in [1.807, 2.05) is 4.72 Å². The number of alkyl carbamates (subject to hydrolysis) is 1. The van der Waals surface area contributed by atoms with Crippen LogP contribution in [0.15, 0.2) is 18.2 Å². The summed E-state index contributed by atoms with van der Waals surface area (Å²) in [4.78, 5) is 66.2. The molecule has 1 saturated heterocycles. The van der Waals surface area contributed by atoms with Gasteiger partial charge in [0.1, 0.15) is 35.1 Å². The maximum absolute atomic E-state index is 16.3. The van der Waals surface area contributed by atoms with Crippen molar-refractivity contribution in [2.24, 2.45) is 23.2 Å². The fraction of sp³-hybridized carbons (Fsp3) is 0.700. The van der Waals surface area contributed by atoms with Gasteiger partial charge >= 0.3 is 6.09 Å². The van der Waals surface area contributed by atoms with Gasteiger partial charge in [-0.25, -0.2) is 32.0 Å². The quantitative estimate of drug-likeness (QED) is 0.319. The number of nitrogens with one attached hydrogen (secondary N) is 3. The Kier molecular flexibility index (Phi) is 10.8. The SMILES string of the molecule is COc1ccc2nc3c(nc2c1)OC1CN(C(=O)C(C(C)(C)C)NC(=O)OC2(C)CC2CCCCC3(F)F)C(C(=O)NC2(C(=O)NS(=O)(=O)C3(C)CC3)CC2C(F)F)C1C. The highest BCUT2D eigenvalue weighted by Crippen LogP contribution is 2.51. The van der Waals surface area contributed by atoms with Gasteiger partial charge in [0, 0.05) is 24.3 Å². The van der Waals surface area contributed by atoms with Gasteiger partial charge in [-0.15, -0.1) is 0 Å². The van der Waals surface area contributed by atoms with Gasteiger partial charge in [0.2, 0.25) is 34.1 Å². The number of halogens is 4. The van der Waals surface area contributed by atoms with Crippen LogP contribution >= 0.6 is 0 Å². The molecule has 60 heavy (non-hydrogen) atoms. The topological polar surface area (TPSA) is 195 Å². The first-order valence-electron chi connectivity index (χ1n) is 20.2.